The molecule has 0 aliphatic carbocycles. The van der Waals surface area contributed by atoms with Gasteiger partial charge in [0.25, 0.3) is 0 Å². The van der Waals surface area contributed by atoms with E-state index in [4.69, 9.17) is 24.6 Å². The third-order valence-electron chi connectivity index (χ3n) is 4.10. The first-order valence-corrected chi connectivity index (χ1v) is 9.06. The van der Waals surface area contributed by atoms with Crippen LogP contribution >= 0.6 is 0 Å². The number of nitrogens with zero attached hydrogens (tertiary/aromatic N) is 1. The van der Waals surface area contributed by atoms with E-state index >= 15 is 0 Å². The first kappa shape index (κ1) is 22.2. The average Bonchev–Trinajstić information content (AvgIpc) is 2.75. The Kier molecular flexibility index (Phi) is 8.92. The van der Waals surface area contributed by atoms with Gasteiger partial charge in [-0.25, -0.2) is 4.79 Å². The molecule has 0 radical (unpaired) electrons. The van der Waals surface area contributed by atoms with Crippen molar-refractivity contribution in [3.8, 4) is 11.8 Å². The summed E-state index contributed by atoms with van der Waals surface area (Å²) in [6, 6.07) is 15.3. The number of amides is 1. The summed E-state index contributed by atoms with van der Waals surface area (Å²) in [5, 5.41) is 29.7. The Balaban J connectivity index is 2.19. The molecule has 8 nitrogen and oxygen atoms in total. The summed E-state index contributed by atoms with van der Waals surface area (Å²) < 4.78 is 16.5. The van der Waals surface area contributed by atoms with Gasteiger partial charge in [0.15, 0.2) is 6.10 Å². The highest BCUT2D eigenvalue weighted by Gasteiger charge is 2.27. The summed E-state index contributed by atoms with van der Waals surface area (Å²) in [5.41, 5.74) is 1.57. The molecule has 1 amide bonds. The van der Waals surface area contributed by atoms with Gasteiger partial charge in [0.05, 0.1) is 18.2 Å². The fourth-order valence-corrected chi connectivity index (χ4v) is 2.71. The number of ether oxygens (including phenoxy) is 3. The van der Waals surface area contributed by atoms with Crippen molar-refractivity contribution in [1.82, 2.24) is 0 Å². The molecule has 0 aliphatic heterocycles. The zero-order chi connectivity index (χ0) is 21.1. The second-order valence-corrected chi connectivity index (χ2v) is 6.07. The van der Waals surface area contributed by atoms with Crippen molar-refractivity contribution in [2.45, 2.75) is 18.6 Å². The maximum atomic E-state index is 12.5. The van der Waals surface area contributed by atoms with Gasteiger partial charge >= 0.3 is 6.09 Å². The van der Waals surface area contributed by atoms with E-state index in [9.17, 15) is 9.90 Å². The van der Waals surface area contributed by atoms with Crippen molar-refractivity contribution in [2.75, 3.05) is 32.2 Å². The number of aliphatic hydroxyl groups is 2. The Labute approximate surface area is 169 Å². The molecule has 0 unspecified atom stereocenters. The lowest BCUT2D eigenvalue weighted by Gasteiger charge is -2.26. The van der Waals surface area contributed by atoms with Crippen LogP contribution in [-0.2, 0) is 9.47 Å². The molecule has 2 aromatic rings. The number of hydrogen-bond donors (Lipinski definition) is 3. The predicted molar refractivity (Wildman–Crippen MR) is 106 cm³/mol. The normalized spacial score (nSPS) is 12.5. The van der Waals surface area contributed by atoms with E-state index in [2.05, 4.69) is 5.32 Å². The number of carbonyl (C=O) groups excluding carboxylic acids is 1. The molecule has 0 fully saturated rings. The van der Waals surface area contributed by atoms with Gasteiger partial charge in [0.1, 0.15) is 18.5 Å². The smallest absolute Gasteiger partial charge is 0.412 e. The van der Waals surface area contributed by atoms with Gasteiger partial charge < -0.3 is 24.4 Å². The highest BCUT2D eigenvalue weighted by atomic mass is 16.6. The van der Waals surface area contributed by atoms with Crippen LogP contribution in [-0.4, -0.2) is 49.3 Å². The second-order valence-electron chi connectivity index (χ2n) is 6.07. The number of benzene rings is 2. The van der Waals surface area contributed by atoms with Crippen LogP contribution in [0, 0.1) is 11.3 Å². The van der Waals surface area contributed by atoms with Crippen LogP contribution in [0.15, 0.2) is 48.5 Å². The van der Waals surface area contributed by atoms with Crippen LogP contribution in [0.5, 0.6) is 5.75 Å². The molecule has 0 aliphatic rings. The van der Waals surface area contributed by atoms with Crippen LogP contribution < -0.4 is 10.1 Å². The Bertz CT molecular complexity index is 819. The molecule has 3 N–H and O–H groups in total. The van der Waals surface area contributed by atoms with E-state index in [1.54, 1.807) is 48.5 Å². The first-order valence-electron chi connectivity index (χ1n) is 9.06. The molecule has 0 saturated carbocycles. The van der Waals surface area contributed by atoms with Gasteiger partial charge in [-0.3, -0.25) is 5.32 Å². The largest absolute Gasteiger partial charge is 0.491 e. The molecule has 0 spiro atoms. The summed E-state index contributed by atoms with van der Waals surface area (Å²) >= 11 is 0. The minimum Gasteiger partial charge on any atom is -0.491 e. The van der Waals surface area contributed by atoms with Crippen molar-refractivity contribution in [3.63, 3.8) is 0 Å². The van der Waals surface area contributed by atoms with Crippen molar-refractivity contribution in [2.24, 2.45) is 0 Å². The number of carbonyl (C=O) groups is 1. The zero-order valence-electron chi connectivity index (χ0n) is 16.1. The molecular weight excluding hydrogens is 376 g/mol. The minimum atomic E-state index is -0.803. The lowest BCUT2D eigenvalue weighted by molar-refractivity contribution is -0.0306. The predicted octanol–water partition coefficient (Wildman–Crippen LogP) is 2.62. The van der Waals surface area contributed by atoms with Gasteiger partial charge in [-0.05, 0) is 42.0 Å². The third-order valence-corrected chi connectivity index (χ3v) is 4.10. The van der Waals surface area contributed by atoms with E-state index < -0.39 is 18.3 Å². The van der Waals surface area contributed by atoms with E-state index in [1.807, 2.05) is 6.07 Å². The third kappa shape index (κ3) is 6.76. The van der Waals surface area contributed by atoms with Crippen LogP contribution in [0.25, 0.3) is 0 Å². The number of nitrogens with one attached hydrogen (secondary N) is 1. The zero-order valence-corrected chi connectivity index (χ0v) is 16.1. The topological polar surface area (TPSA) is 121 Å². The Morgan fingerprint density at radius 3 is 2.55 bits per heavy atom. The van der Waals surface area contributed by atoms with Gasteiger partial charge in [-0.1, -0.05) is 12.1 Å². The highest BCUT2D eigenvalue weighted by molar-refractivity contribution is 5.84. The fraction of sp³-hybridized carbons (Fsp3) is 0.333. The SMILES string of the molecule is CO[C@H](CCO)[C@H](OC(=O)Nc1ccc(C#N)cc1)c1cccc(OCCO)c1. The molecule has 0 heterocycles. The molecular formula is C21H24N2O6. The van der Waals surface area contributed by atoms with Gasteiger partial charge in [-0.15, -0.1) is 0 Å². The number of anilines is 1. The average molecular weight is 400 g/mol. The molecule has 8 heteroatoms. The molecule has 2 atom stereocenters. The van der Waals surface area contributed by atoms with Crippen LogP contribution in [0.2, 0.25) is 0 Å². The molecule has 0 bridgehead atoms. The van der Waals surface area contributed by atoms with Gasteiger partial charge in [-0.2, -0.15) is 5.26 Å². The number of nitriles is 1. The molecule has 2 rings (SSSR count). The molecule has 0 saturated heterocycles. The van der Waals surface area contributed by atoms with E-state index in [0.29, 0.717) is 22.6 Å². The summed E-state index contributed by atoms with van der Waals surface area (Å²) in [7, 11) is 1.47. The minimum absolute atomic E-state index is 0.123. The maximum Gasteiger partial charge on any atom is 0.412 e. The summed E-state index contributed by atoms with van der Waals surface area (Å²) in [4.78, 5) is 12.5. The summed E-state index contributed by atoms with van der Waals surface area (Å²) in [5.74, 6) is 0.511. The molecule has 154 valence electrons. The maximum absolute atomic E-state index is 12.5. The summed E-state index contributed by atoms with van der Waals surface area (Å²) in [6.07, 6.45) is -1.84. The first-order chi connectivity index (χ1) is 14.1. The molecule has 0 aromatic heterocycles. The summed E-state index contributed by atoms with van der Waals surface area (Å²) in [6.45, 7) is -0.128. The lowest BCUT2D eigenvalue weighted by Crippen LogP contribution is -2.29. The molecule has 29 heavy (non-hydrogen) atoms. The lowest BCUT2D eigenvalue weighted by atomic mass is 10.0. The van der Waals surface area contributed by atoms with Crippen LogP contribution in [0.1, 0.15) is 23.7 Å². The van der Waals surface area contributed by atoms with E-state index in [-0.39, 0.29) is 26.2 Å². The van der Waals surface area contributed by atoms with Crippen molar-refractivity contribution in [3.05, 3.63) is 59.7 Å². The molecule has 2 aromatic carbocycles. The van der Waals surface area contributed by atoms with Crippen molar-refractivity contribution < 1.29 is 29.2 Å². The van der Waals surface area contributed by atoms with Crippen LogP contribution in [0.4, 0.5) is 10.5 Å². The number of hydrogen-bond acceptors (Lipinski definition) is 7. The van der Waals surface area contributed by atoms with E-state index in [0.717, 1.165) is 0 Å². The monoisotopic (exact) mass is 400 g/mol. The van der Waals surface area contributed by atoms with Gasteiger partial charge in [0.2, 0.25) is 0 Å². The fourth-order valence-electron chi connectivity index (χ4n) is 2.71. The number of rotatable bonds is 10. The second kappa shape index (κ2) is 11.7. The standard InChI is InChI=1S/C21H24N2O6/c1-27-19(9-10-24)20(16-3-2-4-18(13-16)28-12-11-25)29-21(26)23-17-7-5-15(14-22)6-8-17/h2-8,13,19-20,24-25H,9-12H2,1H3,(H,23,26)/t19-,20-/m1/s1. The van der Waals surface area contributed by atoms with E-state index in [1.165, 1.54) is 7.11 Å². The Morgan fingerprint density at radius 1 is 1.17 bits per heavy atom. The quantitative estimate of drug-likeness (QED) is 0.560. The van der Waals surface area contributed by atoms with Crippen molar-refractivity contribution >= 4 is 11.8 Å². The van der Waals surface area contributed by atoms with Crippen LogP contribution in [0.3, 0.4) is 0 Å². The van der Waals surface area contributed by atoms with Crippen molar-refractivity contribution in [1.29, 1.82) is 5.26 Å². The Hall–Kier alpha value is -3.12. The number of methoxy groups -OCH3 is 1. The Morgan fingerprint density at radius 2 is 1.93 bits per heavy atom. The number of aliphatic hydroxyl groups excluding tert-OH is 2. The highest BCUT2D eigenvalue weighted by Crippen LogP contribution is 2.29. The van der Waals surface area contributed by atoms with Gasteiger partial charge in [0, 0.05) is 25.8 Å².